The van der Waals surface area contributed by atoms with Gasteiger partial charge in [-0.05, 0) is 97.7 Å². The molecule has 9 heteroatoms. The summed E-state index contributed by atoms with van der Waals surface area (Å²) in [5.41, 5.74) is 0.989. The van der Waals surface area contributed by atoms with Crippen LogP contribution in [0.3, 0.4) is 0 Å². The van der Waals surface area contributed by atoms with Gasteiger partial charge in [-0.15, -0.1) is 0 Å². The van der Waals surface area contributed by atoms with E-state index in [0.29, 0.717) is 5.56 Å². The van der Waals surface area contributed by atoms with Crippen LogP contribution in [0.15, 0.2) is 54.6 Å². The number of hydrogen-bond acceptors (Lipinski definition) is 6. The molecule has 0 atom stereocenters. The second-order valence-corrected chi connectivity index (χ2v) is 31.8. The molecule has 0 aliphatic carbocycles. The van der Waals surface area contributed by atoms with Crippen LogP contribution in [0.25, 0.3) is 0 Å². The molecule has 1 spiro atoms. The highest BCUT2D eigenvalue weighted by atomic mass is 28.4. The van der Waals surface area contributed by atoms with Crippen molar-refractivity contribution in [3.63, 3.8) is 0 Å². The van der Waals surface area contributed by atoms with E-state index < -0.39 is 47.8 Å². The monoisotopic (exact) mass is 702 g/mol. The predicted molar refractivity (Wildman–Crippen MR) is 202 cm³/mol. The van der Waals surface area contributed by atoms with E-state index >= 15 is 0 Å². The lowest BCUT2D eigenvalue weighted by Crippen LogP contribution is -2.63. The average Bonchev–Trinajstić information content (AvgIpc) is 3.22. The Morgan fingerprint density at radius 2 is 1.17 bits per heavy atom. The molecule has 48 heavy (non-hydrogen) atoms. The largest absolute Gasteiger partial charge is 0.544 e. The minimum absolute atomic E-state index is 0.0254. The third-order valence-corrected chi connectivity index (χ3v) is 23.2. The van der Waals surface area contributed by atoms with Gasteiger partial charge in [-0.1, -0.05) is 78.9 Å². The van der Waals surface area contributed by atoms with Crippen molar-refractivity contribution in [2.24, 2.45) is 0 Å². The highest BCUT2D eigenvalue weighted by molar-refractivity contribution is 7.01. The Kier molecular flexibility index (Phi) is 8.42. The zero-order valence-electron chi connectivity index (χ0n) is 31.6. The quantitative estimate of drug-likeness (QED) is 0.195. The maximum atomic E-state index is 14.1. The maximum Gasteiger partial charge on any atom is 0.341 e. The van der Waals surface area contributed by atoms with Crippen molar-refractivity contribution >= 4 is 47.0 Å². The van der Waals surface area contributed by atoms with Gasteiger partial charge < -0.3 is 18.3 Å². The number of hydrogen-bond donors (Lipinski definition) is 0. The molecule has 2 aliphatic heterocycles. The Bertz CT molecular complexity index is 1720. The lowest BCUT2D eigenvalue weighted by Gasteiger charge is -2.44. The lowest BCUT2D eigenvalue weighted by molar-refractivity contribution is 0.00627. The normalized spacial score (nSPS) is 16.9. The molecule has 0 saturated carbocycles. The highest BCUT2D eigenvalue weighted by Crippen LogP contribution is 2.51. The van der Waals surface area contributed by atoms with Gasteiger partial charge >= 0.3 is 11.9 Å². The van der Waals surface area contributed by atoms with E-state index in [1.54, 1.807) is 6.07 Å². The van der Waals surface area contributed by atoms with Gasteiger partial charge in [0.25, 0.3) is 0 Å². The van der Waals surface area contributed by atoms with Crippen molar-refractivity contribution in [2.75, 3.05) is 0 Å². The molecule has 6 nitrogen and oxygen atoms in total. The van der Waals surface area contributed by atoms with Crippen LogP contribution in [0.5, 0.6) is 11.5 Å². The molecule has 0 amide bonds. The fraction of sp³-hybridized carbons (Fsp3) is 0.487. The predicted octanol–water partition coefficient (Wildman–Crippen LogP) is 9.01. The van der Waals surface area contributed by atoms with Crippen molar-refractivity contribution < 1.29 is 27.9 Å². The number of rotatable bonds is 5. The standard InChI is InChI=1S/C39H54O6Si3/c1-36(2,3)42-34(40)27-17-16-18-30-33(27)35(41)43-39(30)28-21-19-25(44-47(12,13)37(4,5)6)23-31(28)46(10,11)32-24-26(20-22-29(32)39)45-48(14,15)38(7,8)9/h16-24H,1-15H3. The van der Waals surface area contributed by atoms with E-state index in [-0.39, 0.29) is 21.2 Å². The summed E-state index contributed by atoms with van der Waals surface area (Å²) in [4.78, 5) is 27.6. The van der Waals surface area contributed by atoms with E-state index in [2.05, 4.69) is 105 Å². The molecule has 0 saturated heterocycles. The van der Waals surface area contributed by atoms with Crippen LogP contribution in [0.1, 0.15) is 99.7 Å². The van der Waals surface area contributed by atoms with Gasteiger partial charge in [0.05, 0.1) is 11.1 Å². The van der Waals surface area contributed by atoms with Gasteiger partial charge in [0.15, 0.2) is 5.60 Å². The summed E-state index contributed by atoms with van der Waals surface area (Å²) in [7, 11) is -6.75. The van der Waals surface area contributed by atoms with Crippen molar-refractivity contribution in [1.82, 2.24) is 0 Å². The molecular formula is C39H54O6Si3. The number of carbonyl (C=O) groups is 2. The molecule has 0 aromatic heterocycles. The highest BCUT2D eigenvalue weighted by Gasteiger charge is 2.57. The summed E-state index contributed by atoms with van der Waals surface area (Å²) in [6.45, 7) is 32.6. The first-order valence-electron chi connectivity index (χ1n) is 17.0. The maximum absolute atomic E-state index is 14.1. The first kappa shape index (κ1) is 36.1. The Balaban J connectivity index is 1.79. The second kappa shape index (κ2) is 11.2. The number of benzene rings is 3. The summed E-state index contributed by atoms with van der Waals surface area (Å²) in [6.07, 6.45) is 0. The van der Waals surface area contributed by atoms with E-state index in [1.807, 2.05) is 45.0 Å². The number of ether oxygens (including phenoxy) is 2. The third kappa shape index (κ3) is 5.89. The van der Waals surface area contributed by atoms with Gasteiger partial charge in [-0.25, -0.2) is 9.59 Å². The molecular weight excluding hydrogens is 649 g/mol. The van der Waals surface area contributed by atoms with Crippen LogP contribution in [-0.4, -0.2) is 42.2 Å². The van der Waals surface area contributed by atoms with Gasteiger partial charge in [0.2, 0.25) is 16.6 Å². The lowest BCUT2D eigenvalue weighted by atomic mass is 9.78. The van der Waals surface area contributed by atoms with Crippen LogP contribution in [0, 0.1) is 0 Å². The van der Waals surface area contributed by atoms with Gasteiger partial charge in [0.1, 0.15) is 25.2 Å². The molecule has 258 valence electrons. The topological polar surface area (TPSA) is 71.1 Å². The summed E-state index contributed by atoms with van der Waals surface area (Å²) < 4.78 is 26.1. The molecule has 3 aromatic carbocycles. The Hall–Kier alpha value is -3.15. The molecule has 2 aliphatic rings. The third-order valence-electron chi connectivity index (χ3n) is 11.0. The SMILES string of the molecule is CC(C)(C)OC(=O)c1cccc2c1C(=O)OC21c2ccc(O[Si](C)(C)C(C)(C)C)cc2[Si](C)(C)c2cc(O[Si](C)(C)C(C)(C)C)ccc21. The molecule has 0 radical (unpaired) electrons. The first-order valence-corrected chi connectivity index (χ1v) is 25.8. The van der Waals surface area contributed by atoms with E-state index in [9.17, 15) is 9.59 Å². The van der Waals surface area contributed by atoms with Gasteiger partial charge in [0, 0.05) is 16.7 Å². The van der Waals surface area contributed by atoms with E-state index in [1.165, 1.54) is 0 Å². The minimum atomic E-state index is -2.45. The molecule has 0 fully saturated rings. The van der Waals surface area contributed by atoms with Crippen LogP contribution in [-0.2, 0) is 15.1 Å². The van der Waals surface area contributed by atoms with Crippen LogP contribution >= 0.6 is 0 Å². The number of fused-ring (bicyclic) bond motifs is 6. The first-order chi connectivity index (χ1) is 21.7. The molecule has 3 aromatic rings. The van der Waals surface area contributed by atoms with Crippen molar-refractivity contribution in [1.29, 1.82) is 0 Å². The fourth-order valence-corrected chi connectivity index (χ4v) is 11.4. The Morgan fingerprint density at radius 1 is 0.708 bits per heavy atom. The molecule has 0 bridgehead atoms. The van der Waals surface area contributed by atoms with Gasteiger partial charge in [-0.3, -0.25) is 0 Å². The molecule has 2 heterocycles. The summed E-state index contributed by atoms with van der Waals surface area (Å²) >= 11 is 0. The average molecular weight is 703 g/mol. The zero-order valence-corrected chi connectivity index (χ0v) is 34.6. The van der Waals surface area contributed by atoms with Crippen LogP contribution in [0.4, 0.5) is 0 Å². The Labute approximate surface area is 290 Å². The number of esters is 2. The van der Waals surface area contributed by atoms with Crippen molar-refractivity contribution in [3.05, 3.63) is 82.4 Å². The second-order valence-electron chi connectivity index (χ2n) is 18.1. The minimum Gasteiger partial charge on any atom is -0.544 e. The smallest absolute Gasteiger partial charge is 0.341 e. The van der Waals surface area contributed by atoms with Crippen LogP contribution in [0.2, 0.25) is 49.4 Å². The summed E-state index contributed by atoms with van der Waals surface area (Å²) in [5.74, 6) is 0.587. The van der Waals surface area contributed by atoms with E-state index in [4.69, 9.17) is 18.3 Å². The Morgan fingerprint density at radius 3 is 1.58 bits per heavy atom. The fourth-order valence-electron chi connectivity index (χ4n) is 6.22. The number of carbonyl (C=O) groups excluding carboxylic acids is 2. The summed E-state index contributed by atoms with van der Waals surface area (Å²) in [5, 5.41) is 2.33. The van der Waals surface area contributed by atoms with Crippen LogP contribution < -0.4 is 19.2 Å². The molecule has 0 unspecified atom stereocenters. The summed E-state index contributed by atoms with van der Waals surface area (Å²) in [6, 6.07) is 18.0. The van der Waals surface area contributed by atoms with Crippen molar-refractivity contribution in [3.8, 4) is 11.5 Å². The molecule has 0 N–H and O–H groups in total. The molecule has 5 rings (SSSR count). The van der Waals surface area contributed by atoms with Gasteiger partial charge in [-0.2, -0.15) is 0 Å². The van der Waals surface area contributed by atoms with Crippen molar-refractivity contribution in [2.45, 2.75) is 123 Å². The van der Waals surface area contributed by atoms with E-state index in [0.717, 1.165) is 33.0 Å². The zero-order chi connectivity index (χ0) is 36.0.